The van der Waals surface area contributed by atoms with Crippen molar-refractivity contribution >= 4 is 0 Å². The van der Waals surface area contributed by atoms with E-state index in [4.69, 9.17) is 0 Å². The summed E-state index contributed by atoms with van der Waals surface area (Å²) < 4.78 is 0. The Morgan fingerprint density at radius 3 is 1.92 bits per heavy atom. The Morgan fingerprint density at radius 2 is 1.38 bits per heavy atom. The molecule has 0 fully saturated rings. The minimum absolute atomic E-state index is 0.691. The summed E-state index contributed by atoms with van der Waals surface area (Å²) in [4.78, 5) is 2.73. The van der Waals surface area contributed by atoms with Crippen LogP contribution in [0.25, 0.3) is 0 Å². The van der Waals surface area contributed by atoms with Crippen molar-refractivity contribution in [2.24, 2.45) is 17.8 Å². The summed E-state index contributed by atoms with van der Waals surface area (Å²) in [5, 5.41) is 0. The highest BCUT2D eigenvalue weighted by Gasteiger charge is 2.25. The van der Waals surface area contributed by atoms with Gasteiger partial charge in [0.05, 0.1) is 0 Å². The van der Waals surface area contributed by atoms with Crippen LogP contribution < -0.4 is 0 Å². The number of hydrogen-bond acceptors (Lipinski definition) is 1. The Hall–Kier alpha value is -0.560. The molecule has 1 aliphatic carbocycles. The first-order valence-corrected chi connectivity index (χ1v) is 11.7. The van der Waals surface area contributed by atoms with Gasteiger partial charge in [0.1, 0.15) is 0 Å². The Labute approximate surface area is 165 Å². The highest BCUT2D eigenvalue weighted by atomic mass is 15.1. The van der Waals surface area contributed by atoms with E-state index in [1.165, 1.54) is 77.4 Å². The summed E-state index contributed by atoms with van der Waals surface area (Å²) in [6, 6.07) is 0. The first kappa shape index (κ1) is 23.5. The van der Waals surface area contributed by atoms with Crippen LogP contribution >= 0.6 is 0 Å². The van der Waals surface area contributed by atoms with Crippen molar-refractivity contribution in [3.05, 3.63) is 23.3 Å². The average molecular weight is 362 g/mol. The highest BCUT2D eigenvalue weighted by Crippen LogP contribution is 2.37. The van der Waals surface area contributed by atoms with Gasteiger partial charge in [-0.1, -0.05) is 85.0 Å². The molecule has 3 atom stereocenters. The summed E-state index contributed by atoms with van der Waals surface area (Å²) in [6.07, 6.45) is 17.1. The third kappa shape index (κ3) is 7.99. The summed E-state index contributed by atoms with van der Waals surface area (Å²) in [6.45, 7) is 18.0. The van der Waals surface area contributed by atoms with Gasteiger partial charge in [-0.3, -0.25) is 0 Å². The van der Waals surface area contributed by atoms with Crippen molar-refractivity contribution in [3.8, 4) is 0 Å². The lowest BCUT2D eigenvalue weighted by molar-refractivity contribution is 0.254. The summed E-state index contributed by atoms with van der Waals surface area (Å²) in [7, 11) is 0. The Balaban J connectivity index is 2.75. The molecule has 0 aromatic carbocycles. The van der Waals surface area contributed by atoms with E-state index in [2.05, 4.69) is 58.6 Å². The highest BCUT2D eigenvalue weighted by molar-refractivity contribution is 5.38. The van der Waals surface area contributed by atoms with Gasteiger partial charge in [-0.15, -0.1) is 0 Å². The fraction of sp³-hybridized carbons (Fsp3) is 0.840. The third-order valence-electron chi connectivity index (χ3n) is 6.15. The molecule has 0 bridgehead atoms. The molecule has 0 spiro atoms. The molecule has 0 saturated carbocycles. The predicted molar refractivity (Wildman–Crippen MR) is 119 cm³/mol. The van der Waals surface area contributed by atoms with E-state index in [-0.39, 0.29) is 0 Å². The normalized spacial score (nSPS) is 19.6. The van der Waals surface area contributed by atoms with Gasteiger partial charge in [0.25, 0.3) is 0 Å². The molecule has 0 heterocycles. The minimum atomic E-state index is 0.691. The smallest absolute Gasteiger partial charge is 0.0000689 e. The van der Waals surface area contributed by atoms with Crippen molar-refractivity contribution in [2.45, 2.75) is 99.3 Å². The zero-order chi connectivity index (χ0) is 19.4. The summed E-state index contributed by atoms with van der Waals surface area (Å²) in [5.41, 5.74) is 3.36. The summed E-state index contributed by atoms with van der Waals surface area (Å²) >= 11 is 0. The Kier molecular flexibility index (Phi) is 12.3. The molecular formula is C25H47N. The zero-order valence-corrected chi connectivity index (χ0v) is 18.8. The lowest BCUT2D eigenvalue weighted by atomic mass is 9.86. The largest absolute Gasteiger partial charge is 0.303 e. The molecule has 0 amide bonds. The van der Waals surface area contributed by atoms with Gasteiger partial charge in [0.2, 0.25) is 0 Å². The first-order chi connectivity index (χ1) is 12.6. The molecule has 26 heavy (non-hydrogen) atoms. The van der Waals surface area contributed by atoms with E-state index in [1.807, 2.05) is 0 Å². The van der Waals surface area contributed by atoms with Crippen LogP contribution in [0.2, 0.25) is 0 Å². The van der Waals surface area contributed by atoms with Crippen molar-refractivity contribution in [1.82, 2.24) is 4.90 Å². The van der Waals surface area contributed by atoms with Crippen LogP contribution in [0, 0.1) is 17.8 Å². The molecule has 1 nitrogen and oxygen atoms in total. The summed E-state index contributed by atoms with van der Waals surface area (Å²) in [5.74, 6) is 2.16. The van der Waals surface area contributed by atoms with Crippen LogP contribution in [0.3, 0.4) is 0 Å². The molecular weight excluding hydrogens is 314 g/mol. The fourth-order valence-corrected chi connectivity index (χ4v) is 4.36. The van der Waals surface area contributed by atoms with Gasteiger partial charge in [0.15, 0.2) is 0 Å². The third-order valence-corrected chi connectivity index (χ3v) is 6.15. The monoisotopic (exact) mass is 361 g/mol. The van der Waals surface area contributed by atoms with Gasteiger partial charge in [0, 0.05) is 5.92 Å². The van der Waals surface area contributed by atoms with E-state index >= 15 is 0 Å². The maximum Gasteiger partial charge on any atom is 0.0000689 e. The second kappa shape index (κ2) is 13.6. The molecule has 0 saturated heterocycles. The molecule has 1 heteroatoms. The average Bonchev–Trinajstić information content (AvgIpc) is 3.06. The SMILES string of the molecule is CCCCN(CCCC)CCC1C=C(C(C)CCC)C=C1C(C)CCC. The van der Waals surface area contributed by atoms with Crippen LogP contribution in [0.1, 0.15) is 99.3 Å². The molecule has 1 rings (SSSR count). The van der Waals surface area contributed by atoms with Crippen LogP contribution in [0.4, 0.5) is 0 Å². The van der Waals surface area contributed by atoms with Crippen LogP contribution in [-0.2, 0) is 0 Å². The Morgan fingerprint density at radius 1 is 0.808 bits per heavy atom. The van der Waals surface area contributed by atoms with Crippen molar-refractivity contribution in [2.75, 3.05) is 19.6 Å². The maximum absolute atomic E-state index is 2.73. The quantitative estimate of drug-likeness (QED) is 0.290. The molecule has 1 aliphatic rings. The molecule has 0 N–H and O–H groups in total. The number of allylic oxidation sites excluding steroid dienone is 4. The number of hydrogen-bond donors (Lipinski definition) is 0. The molecule has 0 aromatic heterocycles. The van der Waals surface area contributed by atoms with Crippen molar-refractivity contribution < 1.29 is 0 Å². The topological polar surface area (TPSA) is 3.24 Å². The fourth-order valence-electron chi connectivity index (χ4n) is 4.36. The van der Waals surface area contributed by atoms with Crippen LogP contribution in [-0.4, -0.2) is 24.5 Å². The van der Waals surface area contributed by atoms with E-state index in [1.54, 1.807) is 11.1 Å². The van der Waals surface area contributed by atoms with E-state index in [0.29, 0.717) is 5.92 Å². The zero-order valence-electron chi connectivity index (χ0n) is 18.8. The number of rotatable bonds is 15. The number of nitrogens with zero attached hydrogens (tertiary/aromatic N) is 1. The molecule has 152 valence electrons. The standard InChI is InChI=1S/C25H47N/c1-7-11-16-26(17-12-8-2)18-15-23-19-24(21(5)13-9-3)20-25(23)22(6)14-10-4/h19-23H,7-18H2,1-6H3. The molecule has 0 radical (unpaired) electrons. The van der Waals surface area contributed by atoms with Crippen LogP contribution in [0.15, 0.2) is 23.3 Å². The molecule has 3 unspecified atom stereocenters. The van der Waals surface area contributed by atoms with Gasteiger partial charge in [-0.25, -0.2) is 0 Å². The molecule has 0 aromatic rings. The van der Waals surface area contributed by atoms with Gasteiger partial charge >= 0.3 is 0 Å². The van der Waals surface area contributed by atoms with Crippen molar-refractivity contribution in [1.29, 1.82) is 0 Å². The second-order valence-electron chi connectivity index (χ2n) is 8.63. The van der Waals surface area contributed by atoms with Gasteiger partial charge in [-0.05, 0) is 69.1 Å². The van der Waals surface area contributed by atoms with Crippen LogP contribution in [0.5, 0.6) is 0 Å². The Bertz CT molecular complexity index is 412. The van der Waals surface area contributed by atoms with E-state index in [0.717, 1.165) is 11.8 Å². The van der Waals surface area contributed by atoms with Crippen molar-refractivity contribution in [3.63, 3.8) is 0 Å². The molecule has 0 aliphatic heterocycles. The predicted octanol–water partition coefficient (Wildman–Crippen LogP) is 7.63. The lowest BCUT2D eigenvalue weighted by Gasteiger charge is -2.26. The van der Waals surface area contributed by atoms with Gasteiger partial charge < -0.3 is 4.90 Å². The van der Waals surface area contributed by atoms with E-state index < -0.39 is 0 Å². The van der Waals surface area contributed by atoms with E-state index in [9.17, 15) is 0 Å². The second-order valence-corrected chi connectivity index (χ2v) is 8.63. The first-order valence-electron chi connectivity index (χ1n) is 11.7. The minimum Gasteiger partial charge on any atom is -0.303 e. The maximum atomic E-state index is 2.73. The number of unbranched alkanes of at least 4 members (excludes halogenated alkanes) is 2. The lowest BCUT2D eigenvalue weighted by Crippen LogP contribution is -2.28. The van der Waals surface area contributed by atoms with Gasteiger partial charge in [-0.2, -0.15) is 0 Å².